The molecule has 0 aliphatic carbocycles. The van der Waals surface area contributed by atoms with Crippen LogP contribution in [0.1, 0.15) is 26.2 Å². The van der Waals surface area contributed by atoms with Crippen molar-refractivity contribution in [1.29, 1.82) is 5.26 Å². The minimum Gasteiger partial charge on any atom is -0.379 e. The van der Waals surface area contributed by atoms with Gasteiger partial charge in [-0.05, 0) is 6.42 Å². The Morgan fingerprint density at radius 2 is 2.05 bits per heavy atom. The van der Waals surface area contributed by atoms with Crippen LogP contribution >= 0.6 is 0 Å². The Morgan fingerprint density at radius 1 is 1.26 bits per heavy atom. The molecular weight excluding hydrogens is 238 g/mol. The van der Waals surface area contributed by atoms with Gasteiger partial charge in [-0.25, -0.2) is 0 Å². The zero-order valence-corrected chi connectivity index (χ0v) is 12.2. The molecule has 0 amide bonds. The molecule has 19 heavy (non-hydrogen) atoms. The molecule has 0 unspecified atom stereocenters. The van der Waals surface area contributed by atoms with Crippen LogP contribution in [0, 0.1) is 11.3 Å². The Kier molecular flexibility index (Phi) is 9.34. The van der Waals surface area contributed by atoms with Crippen molar-refractivity contribution >= 4 is 0 Å². The molecule has 0 aromatic heterocycles. The van der Waals surface area contributed by atoms with E-state index in [9.17, 15) is 0 Å². The molecule has 1 aliphatic rings. The summed E-state index contributed by atoms with van der Waals surface area (Å²) >= 11 is 0. The number of unbranched alkanes of at least 4 members (excludes halogenated alkanes) is 1. The first-order valence-electron chi connectivity index (χ1n) is 7.41. The number of hydrogen-bond donors (Lipinski definition) is 0. The number of ether oxygens (including phenoxy) is 1. The molecule has 1 aliphatic heterocycles. The summed E-state index contributed by atoms with van der Waals surface area (Å²) in [7, 11) is 0. The largest absolute Gasteiger partial charge is 0.379 e. The monoisotopic (exact) mass is 265 g/mol. The summed E-state index contributed by atoms with van der Waals surface area (Å²) in [4.78, 5) is 4.81. The lowest BCUT2D eigenvalue weighted by atomic mass is 10.3. The molecular formula is C15H27N3O. The molecule has 1 heterocycles. The molecule has 0 saturated carbocycles. The van der Waals surface area contributed by atoms with Gasteiger partial charge in [0, 0.05) is 45.7 Å². The van der Waals surface area contributed by atoms with E-state index in [0.717, 1.165) is 58.9 Å². The highest BCUT2D eigenvalue weighted by Crippen LogP contribution is 1.99. The molecule has 4 heteroatoms. The van der Waals surface area contributed by atoms with E-state index in [1.165, 1.54) is 6.42 Å². The first-order chi connectivity index (χ1) is 9.36. The Morgan fingerprint density at radius 3 is 2.74 bits per heavy atom. The van der Waals surface area contributed by atoms with Crippen LogP contribution in [0.15, 0.2) is 12.2 Å². The fourth-order valence-corrected chi connectivity index (χ4v) is 2.12. The fraction of sp³-hybridized carbons (Fsp3) is 0.800. The van der Waals surface area contributed by atoms with Gasteiger partial charge in [-0.15, -0.1) is 0 Å². The van der Waals surface area contributed by atoms with Crippen molar-refractivity contribution < 1.29 is 4.74 Å². The molecule has 0 N–H and O–H groups in total. The van der Waals surface area contributed by atoms with Gasteiger partial charge in [0.05, 0.1) is 19.3 Å². The molecule has 108 valence electrons. The predicted octanol–water partition coefficient (Wildman–Crippen LogP) is 1.89. The molecule has 0 spiro atoms. The Bertz CT molecular complexity index is 280. The van der Waals surface area contributed by atoms with Crippen LogP contribution in [0.5, 0.6) is 0 Å². The van der Waals surface area contributed by atoms with Crippen LogP contribution in [0.25, 0.3) is 0 Å². The molecule has 0 aromatic carbocycles. The van der Waals surface area contributed by atoms with Gasteiger partial charge in [0.15, 0.2) is 0 Å². The molecule has 1 saturated heterocycles. The third-order valence-corrected chi connectivity index (χ3v) is 3.36. The minimum absolute atomic E-state index is 0.616. The van der Waals surface area contributed by atoms with E-state index in [4.69, 9.17) is 10.00 Å². The summed E-state index contributed by atoms with van der Waals surface area (Å²) in [6, 6.07) is 2.24. The lowest BCUT2D eigenvalue weighted by Crippen LogP contribution is -2.41. The van der Waals surface area contributed by atoms with E-state index in [2.05, 4.69) is 34.9 Å². The van der Waals surface area contributed by atoms with Crippen LogP contribution in [0.3, 0.4) is 0 Å². The number of nitrogens with zero attached hydrogens (tertiary/aromatic N) is 3. The van der Waals surface area contributed by atoms with Gasteiger partial charge in [-0.1, -0.05) is 25.5 Å². The van der Waals surface area contributed by atoms with Crippen molar-refractivity contribution in [2.24, 2.45) is 0 Å². The van der Waals surface area contributed by atoms with E-state index >= 15 is 0 Å². The maximum atomic E-state index is 8.72. The summed E-state index contributed by atoms with van der Waals surface area (Å²) in [5.41, 5.74) is 0. The first kappa shape index (κ1) is 16.2. The molecule has 1 fully saturated rings. The summed E-state index contributed by atoms with van der Waals surface area (Å²) in [6.45, 7) is 9.94. The lowest BCUT2D eigenvalue weighted by molar-refractivity contribution is 0.0340. The quantitative estimate of drug-likeness (QED) is 0.597. The maximum absolute atomic E-state index is 8.72. The Labute approximate surface area is 117 Å². The van der Waals surface area contributed by atoms with Crippen LogP contribution in [-0.4, -0.2) is 62.3 Å². The zero-order chi connectivity index (χ0) is 13.8. The van der Waals surface area contributed by atoms with E-state index in [-0.39, 0.29) is 0 Å². The average Bonchev–Trinajstić information content (AvgIpc) is 2.46. The van der Waals surface area contributed by atoms with E-state index in [1.807, 2.05) is 0 Å². The van der Waals surface area contributed by atoms with Crippen LogP contribution in [0.4, 0.5) is 0 Å². The predicted molar refractivity (Wildman–Crippen MR) is 78.0 cm³/mol. The van der Waals surface area contributed by atoms with Gasteiger partial charge < -0.3 is 4.74 Å². The second-order valence-electron chi connectivity index (χ2n) is 4.92. The molecule has 0 bridgehead atoms. The SMILES string of the molecule is CCCC=CCN(CCC#N)CCN1CCOCC1. The van der Waals surface area contributed by atoms with Crippen molar-refractivity contribution in [3.8, 4) is 6.07 Å². The summed E-state index contributed by atoms with van der Waals surface area (Å²) in [6.07, 6.45) is 7.44. The topological polar surface area (TPSA) is 39.5 Å². The normalized spacial score (nSPS) is 17.1. The van der Waals surface area contributed by atoms with Gasteiger partial charge in [-0.3, -0.25) is 9.80 Å². The highest BCUT2D eigenvalue weighted by Gasteiger charge is 2.11. The van der Waals surface area contributed by atoms with Crippen molar-refractivity contribution in [3.63, 3.8) is 0 Å². The second kappa shape index (κ2) is 11.0. The third kappa shape index (κ3) is 7.99. The van der Waals surface area contributed by atoms with Crippen LogP contribution in [0.2, 0.25) is 0 Å². The van der Waals surface area contributed by atoms with Gasteiger partial charge in [0.2, 0.25) is 0 Å². The van der Waals surface area contributed by atoms with Crippen molar-refractivity contribution in [3.05, 3.63) is 12.2 Å². The molecule has 0 radical (unpaired) electrons. The smallest absolute Gasteiger partial charge is 0.0635 e. The number of allylic oxidation sites excluding steroid dienone is 1. The van der Waals surface area contributed by atoms with Gasteiger partial charge in [-0.2, -0.15) is 5.26 Å². The van der Waals surface area contributed by atoms with E-state index < -0.39 is 0 Å². The average molecular weight is 265 g/mol. The molecule has 0 aromatic rings. The second-order valence-corrected chi connectivity index (χ2v) is 4.92. The summed E-state index contributed by atoms with van der Waals surface area (Å²) < 4.78 is 5.35. The van der Waals surface area contributed by atoms with Gasteiger partial charge in [0.1, 0.15) is 0 Å². The fourth-order valence-electron chi connectivity index (χ4n) is 2.12. The number of morpholine rings is 1. The highest BCUT2D eigenvalue weighted by molar-refractivity contribution is 4.86. The summed E-state index contributed by atoms with van der Waals surface area (Å²) in [5, 5.41) is 8.72. The minimum atomic E-state index is 0.616. The number of rotatable bonds is 9. The summed E-state index contributed by atoms with van der Waals surface area (Å²) in [5.74, 6) is 0. The first-order valence-corrected chi connectivity index (χ1v) is 7.41. The molecule has 1 rings (SSSR count). The zero-order valence-electron chi connectivity index (χ0n) is 12.2. The van der Waals surface area contributed by atoms with Crippen molar-refractivity contribution in [1.82, 2.24) is 9.80 Å². The van der Waals surface area contributed by atoms with E-state index in [1.54, 1.807) is 0 Å². The van der Waals surface area contributed by atoms with Gasteiger partial charge >= 0.3 is 0 Å². The van der Waals surface area contributed by atoms with Gasteiger partial charge in [0.25, 0.3) is 0 Å². The Balaban J connectivity index is 2.24. The maximum Gasteiger partial charge on any atom is 0.0635 e. The van der Waals surface area contributed by atoms with Crippen LogP contribution in [-0.2, 0) is 4.74 Å². The van der Waals surface area contributed by atoms with Crippen LogP contribution < -0.4 is 0 Å². The van der Waals surface area contributed by atoms with Crippen molar-refractivity contribution in [2.75, 3.05) is 52.5 Å². The molecule has 0 atom stereocenters. The lowest BCUT2D eigenvalue weighted by Gasteiger charge is -2.29. The van der Waals surface area contributed by atoms with E-state index in [0.29, 0.717) is 6.42 Å². The standard InChI is InChI=1S/C15H27N3O/c1-2-3-4-5-8-17(9-6-7-16)10-11-18-12-14-19-15-13-18/h4-5H,2-3,6,8-15H2,1H3. The number of hydrogen-bond acceptors (Lipinski definition) is 4. The Hall–Kier alpha value is -0.890. The highest BCUT2D eigenvalue weighted by atomic mass is 16.5. The third-order valence-electron chi connectivity index (χ3n) is 3.36. The number of nitriles is 1. The molecule has 4 nitrogen and oxygen atoms in total. The van der Waals surface area contributed by atoms with Crippen molar-refractivity contribution in [2.45, 2.75) is 26.2 Å².